The first kappa shape index (κ1) is 10.0. The molecule has 0 saturated carbocycles. The molecule has 58 valence electrons. The van der Waals surface area contributed by atoms with Gasteiger partial charge in [0.1, 0.15) is 0 Å². The Hall–Kier alpha value is 0. The van der Waals surface area contributed by atoms with E-state index in [1.165, 1.54) is 6.42 Å². The molecule has 0 saturated heterocycles. The second-order valence-corrected chi connectivity index (χ2v) is 2.56. The van der Waals surface area contributed by atoms with Gasteiger partial charge in [0, 0.05) is 29.0 Å². The smallest absolute Gasteiger partial charge is 0.0431 e. The zero-order valence-electron chi connectivity index (χ0n) is 6.07. The predicted molar refractivity (Wildman–Crippen MR) is 46.9 cm³/mol. The van der Waals surface area contributed by atoms with Crippen LogP contribution in [0.3, 0.4) is 0 Å². The number of hydrogen-bond donors (Lipinski definition) is 1. The van der Waals surface area contributed by atoms with E-state index in [1.54, 1.807) is 0 Å². The van der Waals surface area contributed by atoms with Crippen molar-refractivity contribution in [2.45, 2.75) is 32.1 Å². The van der Waals surface area contributed by atoms with Crippen LogP contribution in [0.2, 0.25) is 0 Å². The molecule has 0 radical (unpaired) electrons. The highest BCUT2D eigenvalue weighted by Crippen LogP contribution is 2.01. The van der Waals surface area contributed by atoms with Crippen LogP contribution >= 0.6 is 15.9 Å². The summed E-state index contributed by atoms with van der Waals surface area (Å²) >= 11 is 3.03. The highest BCUT2D eigenvalue weighted by Gasteiger charge is 1.85. The summed E-state index contributed by atoms with van der Waals surface area (Å²) in [5, 5.41) is 8.43. The molecular formula is C8H13BrO. The molecule has 0 aliphatic heterocycles. The van der Waals surface area contributed by atoms with Crippen LogP contribution < -0.4 is 0 Å². The van der Waals surface area contributed by atoms with Crippen molar-refractivity contribution in [2.24, 2.45) is 0 Å². The fraction of sp³-hybridized carbons (Fsp3) is 0.750. The maximum Gasteiger partial charge on any atom is 0.0431 e. The number of rotatable bonds is 5. The Labute approximate surface area is 71.0 Å². The fourth-order valence-corrected chi connectivity index (χ4v) is 0.924. The van der Waals surface area contributed by atoms with Gasteiger partial charge in [0.2, 0.25) is 0 Å². The van der Waals surface area contributed by atoms with Gasteiger partial charge < -0.3 is 5.11 Å². The molecule has 0 fully saturated rings. The molecule has 0 amide bonds. The van der Waals surface area contributed by atoms with Crippen molar-refractivity contribution in [1.82, 2.24) is 0 Å². The number of aliphatic hydroxyl groups is 1. The highest BCUT2D eigenvalue weighted by atomic mass is 79.9. The molecule has 0 bridgehead atoms. The van der Waals surface area contributed by atoms with Crippen LogP contribution in [-0.4, -0.2) is 11.7 Å². The molecule has 0 aromatic rings. The molecule has 2 heteroatoms. The van der Waals surface area contributed by atoms with Crippen molar-refractivity contribution in [3.8, 4) is 10.8 Å². The Morgan fingerprint density at radius 2 is 1.80 bits per heavy atom. The lowest BCUT2D eigenvalue weighted by molar-refractivity contribution is 0.282. The minimum atomic E-state index is 0.324. The van der Waals surface area contributed by atoms with Crippen molar-refractivity contribution in [3.05, 3.63) is 0 Å². The molecule has 1 nitrogen and oxygen atoms in total. The van der Waals surface area contributed by atoms with Gasteiger partial charge in [0.05, 0.1) is 0 Å². The summed E-state index contributed by atoms with van der Waals surface area (Å²) in [4.78, 5) is 2.67. The van der Waals surface area contributed by atoms with Crippen molar-refractivity contribution < 1.29 is 5.11 Å². The second-order valence-electron chi connectivity index (χ2n) is 2.16. The molecule has 0 heterocycles. The van der Waals surface area contributed by atoms with E-state index in [1.807, 2.05) is 0 Å². The lowest BCUT2D eigenvalue weighted by atomic mass is 10.1. The maximum atomic E-state index is 8.43. The molecule has 0 aromatic heterocycles. The first-order chi connectivity index (χ1) is 4.91. The van der Waals surface area contributed by atoms with Crippen LogP contribution in [0.4, 0.5) is 0 Å². The molecule has 0 rings (SSSR count). The van der Waals surface area contributed by atoms with E-state index in [0.29, 0.717) is 6.61 Å². The Morgan fingerprint density at radius 1 is 1.10 bits per heavy atom. The van der Waals surface area contributed by atoms with Gasteiger partial charge in [-0.1, -0.05) is 18.8 Å². The van der Waals surface area contributed by atoms with Crippen molar-refractivity contribution in [2.75, 3.05) is 6.61 Å². The minimum Gasteiger partial charge on any atom is -0.396 e. The zero-order chi connectivity index (χ0) is 7.66. The summed E-state index contributed by atoms with van der Waals surface area (Å²) in [6.07, 6.45) is 5.36. The second kappa shape index (κ2) is 9.00. The molecule has 0 aliphatic rings. The summed E-state index contributed by atoms with van der Waals surface area (Å²) in [6, 6.07) is 0. The van der Waals surface area contributed by atoms with Crippen LogP contribution in [0, 0.1) is 10.8 Å². The van der Waals surface area contributed by atoms with E-state index in [2.05, 4.69) is 26.7 Å². The lowest BCUT2D eigenvalue weighted by Crippen LogP contribution is -1.82. The van der Waals surface area contributed by atoms with Crippen LogP contribution in [0.5, 0.6) is 0 Å². The number of unbranched alkanes of at least 4 members (excludes halogenated alkanes) is 4. The van der Waals surface area contributed by atoms with E-state index < -0.39 is 0 Å². The predicted octanol–water partition coefficient (Wildman–Crippen LogP) is 2.29. The van der Waals surface area contributed by atoms with Gasteiger partial charge in [-0.2, -0.15) is 0 Å². The number of halogens is 1. The standard InChI is InChI=1S/C8H13BrO/c9-7-5-3-1-2-4-6-8-10/h10H,1-4,6,8H2. The third kappa shape index (κ3) is 8.00. The quantitative estimate of drug-likeness (QED) is 0.539. The molecule has 0 aliphatic carbocycles. The fourth-order valence-electron chi connectivity index (χ4n) is 0.726. The summed E-state index contributed by atoms with van der Waals surface area (Å²) in [6.45, 7) is 0.324. The summed E-state index contributed by atoms with van der Waals surface area (Å²) in [5.41, 5.74) is 0. The molecule has 10 heavy (non-hydrogen) atoms. The number of hydrogen-bond acceptors (Lipinski definition) is 1. The SMILES string of the molecule is OCCCCCCC#CBr. The summed E-state index contributed by atoms with van der Waals surface area (Å²) in [5.74, 6) is 2.93. The Balaban J connectivity index is 2.82. The Bertz CT molecular complexity index is 112. The van der Waals surface area contributed by atoms with Crippen LogP contribution in [-0.2, 0) is 0 Å². The number of aliphatic hydroxyl groups excluding tert-OH is 1. The van der Waals surface area contributed by atoms with Crippen molar-refractivity contribution >= 4 is 15.9 Å². The van der Waals surface area contributed by atoms with E-state index in [0.717, 1.165) is 25.7 Å². The van der Waals surface area contributed by atoms with E-state index in [-0.39, 0.29) is 0 Å². The largest absolute Gasteiger partial charge is 0.396 e. The monoisotopic (exact) mass is 204 g/mol. The average molecular weight is 205 g/mol. The van der Waals surface area contributed by atoms with E-state index >= 15 is 0 Å². The van der Waals surface area contributed by atoms with E-state index in [9.17, 15) is 0 Å². The van der Waals surface area contributed by atoms with Gasteiger partial charge in [0.25, 0.3) is 0 Å². The topological polar surface area (TPSA) is 20.2 Å². The van der Waals surface area contributed by atoms with Gasteiger partial charge in [-0.05, 0) is 17.7 Å². The normalized spacial score (nSPS) is 8.60. The van der Waals surface area contributed by atoms with Crippen LogP contribution in [0.15, 0.2) is 0 Å². The van der Waals surface area contributed by atoms with Gasteiger partial charge in [0.15, 0.2) is 0 Å². The first-order valence-electron chi connectivity index (χ1n) is 3.61. The van der Waals surface area contributed by atoms with Gasteiger partial charge in [-0.25, -0.2) is 0 Å². The molecule has 0 aromatic carbocycles. The van der Waals surface area contributed by atoms with Crippen LogP contribution in [0.1, 0.15) is 32.1 Å². The average Bonchev–Trinajstić information content (AvgIpc) is 1.97. The Morgan fingerprint density at radius 3 is 2.40 bits per heavy atom. The third-order valence-corrected chi connectivity index (χ3v) is 1.56. The zero-order valence-corrected chi connectivity index (χ0v) is 7.65. The summed E-state index contributed by atoms with van der Waals surface area (Å²) < 4.78 is 0. The van der Waals surface area contributed by atoms with Gasteiger partial charge in [-0.15, -0.1) is 0 Å². The molecule has 0 unspecified atom stereocenters. The summed E-state index contributed by atoms with van der Waals surface area (Å²) in [7, 11) is 0. The minimum absolute atomic E-state index is 0.324. The highest BCUT2D eigenvalue weighted by molar-refractivity contribution is 9.12. The van der Waals surface area contributed by atoms with Crippen molar-refractivity contribution in [3.63, 3.8) is 0 Å². The molecular weight excluding hydrogens is 192 g/mol. The third-order valence-electron chi connectivity index (χ3n) is 1.28. The molecule has 0 spiro atoms. The van der Waals surface area contributed by atoms with Gasteiger partial charge >= 0.3 is 0 Å². The van der Waals surface area contributed by atoms with E-state index in [4.69, 9.17) is 5.11 Å². The van der Waals surface area contributed by atoms with Crippen LogP contribution in [0.25, 0.3) is 0 Å². The van der Waals surface area contributed by atoms with Gasteiger partial charge in [-0.3, -0.25) is 0 Å². The maximum absolute atomic E-state index is 8.43. The first-order valence-corrected chi connectivity index (χ1v) is 4.40. The molecule has 1 N–H and O–H groups in total. The Kier molecular flexibility index (Phi) is 9.00. The molecule has 0 atom stereocenters. The lowest BCUT2D eigenvalue weighted by Gasteiger charge is -1.93. The van der Waals surface area contributed by atoms with Crippen molar-refractivity contribution in [1.29, 1.82) is 0 Å².